The molecule has 0 spiro atoms. The average Bonchev–Trinajstić information content (AvgIpc) is 3.03. The smallest absolute Gasteiger partial charge is 0.238 e. The van der Waals surface area contributed by atoms with Crippen LogP contribution in [-0.4, -0.2) is 35.2 Å². The third-order valence-corrected chi connectivity index (χ3v) is 6.16. The molecule has 4 rings (SSSR count). The van der Waals surface area contributed by atoms with Gasteiger partial charge in [-0.1, -0.05) is 6.07 Å². The van der Waals surface area contributed by atoms with E-state index in [1.54, 1.807) is 35.7 Å². The fraction of sp³-hybridized carbons (Fsp3) is 0.190. The summed E-state index contributed by atoms with van der Waals surface area (Å²) in [6.45, 7) is 3.63. The van der Waals surface area contributed by atoms with Crippen molar-refractivity contribution >= 4 is 44.1 Å². The van der Waals surface area contributed by atoms with Crippen LogP contribution in [0.3, 0.4) is 0 Å². The largest absolute Gasteiger partial charge is 0.329 e. The minimum atomic E-state index is -3.90. The number of benzene rings is 2. The van der Waals surface area contributed by atoms with Crippen molar-refractivity contribution in [3.63, 3.8) is 0 Å². The van der Waals surface area contributed by atoms with Gasteiger partial charge >= 0.3 is 0 Å². The summed E-state index contributed by atoms with van der Waals surface area (Å²) in [5, 5.41) is 13.7. The minimum Gasteiger partial charge on any atom is -0.329 e. The number of hydrogen-bond donors (Lipinski definition) is 2. The Labute approximate surface area is 183 Å². The van der Waals surface area contributed by atoms with E-state index in [0.29, 0.717) is 11.3 Å². The lowest BCUT2D eigenvalue weighted by Gasteiger charge is -2.19. The Morgan fingerprint density at radius 2 is 1.97 bits per heavy atom. The molecular formula is C21H23N7O2S. The first-order valence-corrected chi connectivity index (χ1v) is 10.9. The van der Waals surface area contributed by atoms with Crippen molar-refractivity contribution in [3.05, 3.63) is 59.9 Å². The van der Waals surface area contributed by atoms with Gasteiger partial charge in [-0.3, -0.25) is 4.68 Å². The fourth-order valence-corrected chi connectivity index (χ4v) is 4.07. The molecule has 9 nitrogen and oxygen atoms in total. The number of fused-ring (bicyclic) bond motifs is 1. The molecule has 0 fully saturated rings. The number of anilines is 4. The molecule has 4 aromatic rings. The molecule has 0 saturated heterocycles. The van der Waals surface area contributed by atoms with Gasteiger partial charge < -0.3 is 10.2 Å². The second kappa shape index (κ2) is 7.64. The number of nitrogens with zero attached hydrogens (tertiary/aromatic N) is 5. The predicted molar refractivity (Wildman–Crippen MR) is 121 cm³/mol. The van der Waals surface area contributed by atoms with Crippen molar-refractivity contribution < 1.29 is 11.2 Å². The maximum Gasteiger partial charge on any atom is 0.238 e. The van der Waals surface area contributed by atoms with E-state index in [1.807, 2.05) is 32.2 Å². The Kier molecular flexibility index (Phi) is 4.50. The molecule has 0 aliphatic heterocycles. The van der Waals surface area contributed by atoms with Crippen LogP contribution >= 0.6 is 0 Å². The number of sulfonamides is 1. The molecule has 0 unspecified atom stereocenters. The zero-order valence-corrected chi connectivity index (χ0v) is 18.3. The highest BCUT2D eigenvalue weighted by atomic mass is 32.2. The van der Waals surface area contributed by atoms with Gasteiger partial charge in [-0.2, -0.15) is 10.1 Å². The molecule has 0 aliphatic rings. The summed E-state index contributed by atoms with van der Waals surface area (Å²) < 4.78 is 41.9. The van der Waals surface area contributed by atoms with Crippen molar-refractivity contribution in [2.45, 2.75) is 18.7 Å². The first-order valence-electron chi connectivity index (χ1n) is 10.4. The zero-order valence-electron chi connectivity index (χ0n) is 19.5. The van der Waals surface area contributed by atoms with Gasteiger partial charge in [0, 0.05) is 42.7 Å². The topological polar surface area (TPSA) is 119 Å². The monoisotopic (exact) mass is 439 g/mol. The number of aryl methyl sites for hydroxylation is 3. The lowest BCUT2D eigenvalue weighted by Crippen LogP contribution is -2.14. The summed E-state index contributed by atoms with van der Waals surface area (Å²) in [4.78, 5) is 10.1. The molecule has 0 aliphatic carbocycles. The average molecular weight is 440 g/mol. The summed E-state index contributed by atoms with van der Waals surface area (Å²) in [6, 6.07) is 10.2. The van der Waals surface area contributed by atoms with Gasteiger partial charge in [-0.25, -0.2) is 18.5 Å². The number of rotatable bonds is 5. The van der Waals surface area contributed by atoms with Crippen molar-refractivity contribution in [1.82, 2.24) is 19.7 Å². The van der Waals surface area contributed by atoms with Gasteiger partial charge in [0.25, 0.3) is 0 Å². The van der Waals surface area contributed by atoms with Crippen molar-refractivity contribution in [2.75, 3.05) is 17.3 Å². The number of primary sulfonamides is 1. The summed E-state index contributed by atoms with van der Waals surface area (Å²) in [7, 11) is -0.286. The van der Waals surface area contributed by atoms with Crippen molar-refractivity contribution in [1.29, 1.82) is 0 Å². The van der Waals surface area contributed by atoms with Crippen LogP contribution in [0.2, 0.25) is 0 Å². The van der Waals surface area contributed by atoms with Gasteiger partial charge in [-0.05, 0) is 55.8 Å². The van der Waals surface area contributed by atoms with E-state index in [1.165, 1.54) is 6.07 Å². The van der Waals surface area contributed by atoms with E-state index in [-0.39, 0.29) is 28.9 Å². The third kappa shape index (κ3) is 4.07. The molecule has 31 heavy (non-hydrogen) atoms. The first kappa shape index (κ1) is 18.3. The fourth-order valence-electron chi connectivity index (χ4n) is 3.26. The Bertz CT molecular complexity index is 1500. The van der Waals surface area contributed by atoms with Crippen LogP contribution in [-0.2, 0) is 17.1 Å². The van der Waals surface area contributed by atoms with Gasteiger partial charge in [0.15, 0.2) is 0 Å². The van der Waals surface area contributed by atoms with Crippen LogP contribution in [0.5, 0.6) is 0 Å². The van der Waals surface area contributed by atoms with Gasteiger partial charge in [0.1, 0.15) is 5.82 Å². The van der Waals surface area contributed by atoms with Crippen LogP contribution in [0, 0.1) is 13.8 Å². The normalized spacial score (nSPS) is 12.5. The predicted octanol–water partition coefficient (Wildman–Crippen LogP) is 3.14. The standard InChI is InChI=1S/C21H23N7O2S/c1-13-5-6-15(11-19(13)31(22,29)30)24-21-23-10-9-20(25-21)27(3)16-7-8-17-14(2)28(4)26-18(17)12-16/h5-12H,1-4H3,(H2,22,29,30)(H,23,24,25)/i9D,10D. The number of hydrogen-bond acceptors (Lipinski definition) is 7. The Morgan fingerprint density at radius 1 is 1.19 bits per heavy atom. The van der Waals surface area contributed by atoms with Crippen LogP contribution in [0.25, 0.3) is 10.9 Å². The summed E-state index contributed by atoms with van der Waals surface area (Å²) in [5.74, 6) is 0.264. The Morgan fingerprint density at radius 3 is 2.71 bits per heavy atom. The second-order valence-corrected chi connectivity index (χ2v) is 8.76. The molecule has 10 heteroatoms. The summed E-state index contributed by atoms with van der Waals surface area (Å²) in [5.41, 5.74) is 3.48. The molecule has 2 heterocycles. The summed E-state index contributed by atoms with van der Waals surface area (Å²) >= 11 is 0. The van der Waals surface area contributed by atoms with Crippen LogP contribution in [0.4, 0.5) is 23.1 Å². The quantitative estimate of drug-likeness (QED) is 0.490. The molecule has 0 saturated carbocycles. The van der Waals surface area contributed by atoms with E-state index >= 15 is 0 Å². The summed E-state index contributed by atoms with van der Waals surface area (Å²) in [6.07, 6.45) is -0.275. The van der Waals surface area contributed by atoms with E-state index in [2.05, 4.69) is 20.4 Å². The zero-order chi connectivity index (χ0) is 24.1. The molecule has 0 radical (unpaired) electrons. The van der Waals surface area contributed by atoms with Gasteiger partial charge in [0.05, 0.1) is 13.2 Å². The number of aromatic nitrogens is 4. The maximum atomic E-state index is 11.8. The van der Waals surface area contributed by atoms with E-state index in [4.69, 9.17) is 7.88 Å². The van der Waals surface area contributed by atoms with Gasteiger partial charge in [-0.15, -0.1) is 0 Å². The molecule has 160 valence electrons. The molecule has 0 amide bonds. The van der Waals surface area contributed by atoms with Crippen LogP contribution in [0.15, 0.2) is 53.5 Å². The molecule has 2 aromatic carbocycles. The molecule has 3 N–H and O–H groups in total. The van der Waals surface area contributed by atoms with Crippen LogP contribution < -0.4 is 15.4 Å². The van der Waals surface area contributed by atoms with Gasteiger partial charge in [0.2, 0.25) is 16.0 Å². The lowest BCUT2D eigenvalue weighted by atomic mass is 10.2. The lowest BCUT2D eigenvalue weighted by molar-refractivity contribution is 0.597. The van der Waals surface area contributed by atoms with E-state index in [9.17, 15) is 8.42 Å². The Hall–Kier alpha value is -3.50. The molecule has 0 bridgehead atoms. The van der Waals surface area contributed by atoms with E-state index in [0.717, 1.165) is 22.3 Å². The SMILES string of the molecule is [2H]c1nc(Nc2ccc(C)c(S(N)(=O)=O)c2)nc(N(C)c2ccc3c(C)n(C)nc3c2)c1[2H]. The maximum absolute atomic E-state index is 11.8. The minimum absolute atomic E-state index is 0.0213. The van der Waals surface area contributed by atoms with Crippen molar-refractivity contribution in [3.8, 4) is 0 Å². The van der Waals surface area contributed by atoms with E-state index < -0.39 is 10.0 Å². The molecule has 0 atom stereocenters. The van der Waals surface area contributed by atoms with Crippen LogP contribution in [0.1, 0.15) is 14.0 Å². The highest BCUT2D eigenvalue weighted by Crippen LogP contribution is 2.28. The van der Waals surface area contributed by atoms with Crippen molar-refractivity contribution in [2.24, 2.45) is 12.2 Å². The molecular weight excluding hydrogens is 414 g/mol. The third-order valence-electron chi connectivity index (χ3n) is 5.11. The highest BCUT2D eigenvalue weighted by molar-refractivity contribution is 7.89. The first-order chi connectivity index (χ1) is 15.5. The number of nitrogens with two attached hydrogens (primary N) is 1. The highest BCUT2D eigenvalue weighted by Gasteiger charge is 2.14. The molecule has 2 aromatic heterocycles. The number of nitrogens with one attached hydrogen (secondary N) is 1. The Balaban J connectivity index is 1.72. The second-order valence-electron chi connectivity index (χ2n) is 7.23.